The van der Waals surface area contributed by atoms with Gasteiger partial charge in [0.2, 0.25) is 11.8 Å². The molecule has 0 aromatic rings. The van der Waals surface area contributed by atoms with E-state index in [0.29, 0.717) is 19.0 Å². The predicted octanol–water partition coefficient (Wildman–Crippen LogP) is 3.25. The molecule has 2 saturated heterocycles. The summed E-state index contributed by atoms with van der Waals surface area (Å²) in [5.74, 6) is -2.06. The van der Waals surface area contributed by atoms with Crippen molar-refractivity contribution >= 4 is 5.91 Å². The Kier molecular flexibility index (Phi) is 4.78. The van der Waals surface area contributed by atoms with E-state index in [1.165, 1.54) is 25.7 Å². The van der Waals surface area contributed by atoms with Gasteiger partial charge in [-0.3, -0.25) is 4.79 Å². The third-order valence-electron chi connectivity index (χ3n) is 6.71. The Morgan fingerprint density at radius 3 is 2.56 bits per heavy atom. The average Bonchev–Trinajstić information content (AvgIpc) is 3.16. The van der Waals surface area contributed by atoms with Crippen LogP contribution in [0.5, 0.6) is 0 Å². The SMILES string of the molecule is O=C(C1CC(F)(F)C1)N1CC2(C1)OCC[C@@H]2CCOCC1CCCC1. The molecular formula is C19H29F2NO3. The second-order valence-corrected chi connectivity index (χ2v) is 8.57. The van der Waals surface area contributed by atoms with Gasteiger partial charge < -0.3 is 14.4 Å². The van der Waals surface area contributed by atoms with Gasteiger partial charge in [-0.05, 0) is 37.5 Å². The molecule has 142 valence electrons. The van der Waals surface area contributed by atoms with Crippen molar-refractivity contribution in [2.24, 2.45) is 17.8 Å². The lowest BCUT2D eigenvalue weighted by atomic mass is 9.75. The maximum absolute atomic E-state index is 13.0. The number of carbonyl (C=O) groups excluding carboxylic acids is 1. The maximum atomic E-state index is 13.0. The molecule has 0 aromatic carbocycles. The molecule has 2 saturated carbocycles. The number of halogens is 2. The molecule has 2 heterocycles. The Hall–Kier alpha value is -0.750. The third kappa shape index (κ3) is 3.57. The normalized spacial score (nSPS) is 31.3. The zero-order chi connectivity index (χ0) is 17.5. The smallest absolute Gasteiger partial charge is 0.249 e. The highest BCUT2D eigenvalue weighted by molar-refractivity contribution is 5.81. The number of rotatable bonds is 6. The van der Waals surface area contributed by atoms with Gasteiger partial charge in [-0.1, -0.05) is 12.8 Å². The molecular weight excluding hydrogens is 328 g/mol. The van der Waals surface area contributed by atoms with Crippen LogP contribution < -0.4 is 0 Å². The average molecular weight is 357 g/mol. The van der Waals surface area contributed by atoms with Crippen LogP contribution in [0.4, 0.5) is 8.78 Å². The van der Waals surface area contributed by atoms with Crippen molar-refractivity contribution in [1.29, 1.82) is 0 Å². The molecule has 1 atom stereocenters. The fraction of sp³-hybridized carbons (Fsp3) is 0.947. The summed E-state index contributed by atoms with van der Waals surface area (Å²) < 4.78 is 37.8. The first-order valence-electron chi connectivity index (χ1n) is 9.86. The number of carbonyl (C=O) groups is 1. The molecule has 2 aliphatic carbocycles. The van der Waals surface area contributed by atoms with Crippen LogP contribution in [-0.4, -0.2) is 55.2 Å². The largest absolute Gasteiger partial charge is 0.381 e. The number of likely N-dealkylation sites (tertiary alicyclic amines) is 1. The van der Waals surface area contributed by atoms with Crippen molar-refractivity contribution in [2.75, 3.05) is 32.9 Å². The van der Waals surface area contributed by atoms with E-state index in [0.717, 1.165) is 38.6 Å². The van der Waals surface area contributed by atoms with Crippen LogP contribution in [0.25, 0.3) is 0 Å². The summed E-state index contributed by atoms with van der Waals surface area (Å²) >= 11 is 0. The Morgan fingerprint density at radius 2 is 1.88 bits per heavy atom. The monoisotopic (exact) mass is 357 g/mol. The van der Waals surface area contributed by atoms with Crippen LogP contribution in [-0.2, 0) is 14.3 Å². The molecule has 25 heavy (non-hydrogen) atoms. The van der Waals surface area contributed by atoms with Crippen LogP contribution in [0.3, 0.4) is 0 Å². The Balaban J connectivity index is 1.19. The van der Waals surface area contributed by atoms with Crippen LogP contribution in [0.1, 0.15) is 51.4 Å². The molecule has 2 aliphatic heterocycles. The standard InChI is InChI=1S/C19H29F2NO3/c20-19(21)9-15(10-19)17(23)22-12-18(13-22)16(6-8-25-18)5-7-24-11-14-3-1-2-4-14/h14-16H,1-13H2/t16-/m0/s1. The molecule has 0 N–H and O–H groups in total. The lowest BCUT2D eigenvalue weighted by molar-refractivity contribution is -0.185. The van der Waals surface area contributed by atoms with Crippen LogP contribution in [0.2, 0.25) is 0 Å². The van der Waals surface area contributed by atoms with Crippen molar-refractivity contribution < 1.29 is 23.0 Å². The van der Waals surface area contributed by atoms with E-state index < -0.39 is 11.8 Å². The van der Waals surface area contributed by atoms with Crippen LogP contribution in [0.15, 0.2) is 0 Å². The van der Waals surface area contributed by atoms with Gasteiger partial charge in [-0.15, -0.1) is 0 Å². The lowest BCUT2D eigenvalue weighted by Gasteiger charge is -2.52. The van der Waals surface area contributed by atoms with Crippen LogP contribution >= 0.6 is 0 Å². The van der Waals surface area contributed by atoms with Crippen molar-refractivity contribution in [3.05, 3.63) is 0 Å². The quantitative estimate of drug-likeness (QED) is 0.685. The van der Waals surface area contributed by atoms with E-state index in [1.54, 1.807) is 4.90 Å². The van der Waals surface area contributed by atoms with Gasteiger partial charge in [-0.2, -0.15) is 0 Å². The molecule has 6 heteroatoms. The topological polar surface area (TPSA) is 38.8 Å². The van der Waals surface area contributed by atoms with E-state index in [9.17, 15) is 13.6 Å². The summed E-state index contributed by atoms with van der Waals surface area (Å²) in [4.78, 5) is 14.0. The Bertz CT molecular complexity index is 493. The van der Waals surface area contributed by atoms with Crippen molar-refractivity contribution in [1.82, 2.24) is 4.90 Å². The summed E-state index contributed by atoms with van der Waals surface area (Å²) in [6.07, 6.45) is 6.69. The van der Waals surface area contributed by atoms with Gasteiger partial charge >= 0.3 is 0 Å². The van der Waals surface area contributed by atoms with E-state index in [2.05, 4.69) is 0 Å². The highest BCUT2D eigenvalue weighted by Crippen LogP contribution is 2.47. The van der Waals surface area contributed by atoms with Gasteiger partial charge in [0.15, 0.2) is 0 Å². The number of ether oxygens (including phenoxy) is 2. The van der Waals surface area contributed by atoms with E-state index >= 15 is 0 Å². The number of alkyl halides is 2. The second-order valence-electron chi connectivity index (χ2n) is 8.57. The molecule has 4 nitrogen and oxygen atoms in total. The van der Waals surface area contributed by atoms with Gasteiger partial charge in [-0.25, -0.2) is 8.78 Å². The zero-order valence-electron chi connectivity index (χ0n) is 14.9. The van der Waals surface area contributed by atoms with Gasteiger partial charge in [0.25, 0.3) is 0 Å². The first-order chi connectivity index (χ1) is 12.0. The van der Waals surface area contributed by atoms with E-state index in [-0.39, 0.29) is 24.3 Å². The first kappa shape index (κ1) is 17.7. The summed E-state index contributed by atoms with van der Waals surface area (Å²) in [6, 6.07) is 0. The van der Waals surface area contributed by atoms with Crippen molar-refractivity contribution in [2.45, 2.75) is 62.9 Å². The van der Waals surface area contributed by atoms with Crippen molar-refractivity contribution in [3.8, 4) is 0 Å². The predicted molar refractivity (Wildman–Crippen MR) is 88.4 cm³/mol. The molecule has 0 bridgehead atoms. The summed E-state index contributed by atoms with van der Waals surface area (Å²) in [5, 5.41) is 0. The maximum Gasteiger partial charge on any atom is 0.249 e. The molecule has 4 aliphatic rings. The summed E-state index contributed by atoms with van der Waals surface area (Å²) in [5.41, 5.74) is -0.237. The molecule has 0 unspecified atom stereocenters. The second kappa shape index (κ2) is 6.76. The summed E-state index contributed by atoms with van der Waals surface area (Å²) in [7, 11) is 0. The minimum atomic E-state index is -2.63. The van der Waals surface area contributed by atoms with Gasteiger partial charge in [0, 0.05) is 38.6 Å². The molecule has 1 spiro atoms. The number of hydrogen-bond donors (Lipinski definition) is 0. The highest BCUT2D eigenvalue weighted by atomic mass is 19.3. The fourth-order valence-corrected chi connectivity index (χ4v) is 5.04. The third-order valence-corrected chi connectivity index (χ3v) is 6.71. The minimum absolute atomic E-state index is 0.108. The van der Waals surface area contributed by atoms with Gasteiger partial charge in [0.1, 0.15) is 5.60 Å². The molecule has 4 fully saturated rings. The summed E-state index contributed by atoms with van der Waals surface area (Å²) in [6.45, 7) is 3.51. The molecule has 4 rings (SSSR count). The van der Waals surface area contributed by atoms with Crippen LogP contribution in [0, 0.1) is 17.8 Å². The molecule has 1 amide bonds. The zero-order valence-corrected chi connectivity index (χ0v) is 14.9. The van der Waals surface area contributed by atoms with E-state index in [4.69, 9.17) is 9.47 Å². The highest BCUT2D eigenvalue weighted by Gasteiger charge is 2.57. The van der Waals surface area contributed by atoms with Gasteiger partial charge in [0.05, 0.1) is 13.1 Å². The first-order valence-corrected chi connectivity index (χ1v) is 9.86. The number of hydrogen-bond acceptors (Lipinski definition) is 3. The number of nitrogens with zero attached hydrogens (tertiary/aromatic N) is 1. The lowest BCUT2D eigenvalue weighted by Crippen LogP contribution is -2.67. The van der Waals surface area contributed by atoms with E-state index in [1.807, 2.05) is 0 Å². The molecule has 0 radical (unpaired) electrons. The van der Waals surface area contributed by atoms with Crippen molar-refractivity contribution in [3.63, 3.8) is 0 Å². The Labute approximate surface area is 148 Å². The molecule has 0 aromatic heterocycles. The number of amides is 1. The minimum Gasteiger partial charge on any atom is -0.381 e. The Morgan fingerprint density at radius 1 is 1.16 bits per heavy atom. The fourth-order valence-electron chi connectivity index (χ4n) is 5.04.